The highest BCUT2D eigenvalue weighted by atomic mass is 19.4. The first-order valence-electron chi connectivity index (χ1n) is 5.61. The van der Waals surface area contributed by atoms with Crippen molar-refractivity contribution in [2.75, 3.05) is 0 Å². The summed E-state index contributed by atoms with van der Waals surface area (Å²) >= 11 is 0. The molecule has 0 aromatic heterocycles. The Labute approximate surface area is 140 Å². The molecule has 1 atom stereocenters. The first kappa shape index (κ1) is 26.2. The lowest BCUT2D eigenvalue weighted by atomic mass is 9.89. The fraction of sp³-hybridized carbons (Fsp3) is 0.889. The van der Waals surface area contributed by atoms with E-state index in [0.29, 0.717) is 4.99 Å². The second-order valence-corrected chi connectivity index (χ2v) is 4.69. The van der Waals surface area contributed by atoms with Crippen LogP contribution in [0.1, 0.15) is 0 Å². The molecule has 0 saturated carbocycles. The van der Waals surface area contributed by atoms with Crippen LogP contribution in [0.2, 0.25) is 0 Å². The van der Waals surface area contributed by atoms with E-state index >= 15 is 0 Å². The zero-order valence-electron chi connectivity index (χ0n) is 11.8. The maximum atomic E-state index is 13.2. The van der Waals surface area contributed by atoms with E-state index in [1.54, 1.807) is 0 Å². The van der Waals surface area contributed by atoms with Crippen molar-refractivity contribution < 1.29 is 79.4 Å². The molecule has 2 nitrogen and oxygen atoms in total. The Morgan fingerprint density at radius 2 is 0.714 bits per heavy atom. The largest absolute Gasteiger partial charge is 0.460 e. The first-order chi connectivity index (χ1) is 11.8. The van der Waals surface area contributed by atoms with Gasteiger partial charge >= 0.3 is 47.8 Å². The molecule has 19 heteroatoms. The van der Waals surface area contributed by atoms with Gasteiger partial charge in [-0.15, -0.1) is 4.99 Å². The summed E-state index contributed by atoms with van der Waals surface area (Å²) in [6.45, 7) is 0. The number of alkyl halides is 17. The summed E-state index contributed by atoms with van der Waals surface area (Å²) in [5, 5.41) is 0. The molecular formula is C9F17NO. The first-order valence-corrected chi connectivity index (χ1v) is 5.61. The number of hydrogen-bond donors (Lipinski definition) is 0. The number of carbonyl (C=O) groups excluding carboxylic acids is 1. The van der Waals surface area contributed by atoms with Crippen molar-refractivity contribution in [2.45, 2.75) is 47.8 Å². The van der Waals surface area contributed by atoms with Crippen LogP contribution in [0, 0.1) is 0 Å². The highest BCUT2D eigenvalue weighted by Gasteiger charge is 2.95. The molecule has 0 aliphatic heterocycles. The van der Waals surface area contributed by atoms with E-state index in [1.807, 2.05) is 0 Å². The van der Waals surface area contributed by atoms with E-state index in [-0.39, 0.29) is 0 Å². The number of nitrogens with zero attached hydrogens (tertiary/aromatic N) is 1. The van der Waals surface area contributed by atoms with E-state index in [2.05, 4.69) is 0 Å². The van der Waals surface area contributed by atoms with Gasteiger partial charge in [0.25, 0.3) is 0 Å². The third kappa shape index (κ3) is 3.06. The van der Waals surface area contributed by atoms with Crippen LogP contribution in [0.4, 0.5) is 74.6 Å². The number of isocyanates is 1. The molecule has 0 amide bonds. The molecule has 0 fully saturated rings. The quantitative estimate of drug-likeness (QED) is 0.229. The van der Waals surface area contributed by atoms with Gasteiger partial charge in [-0.3, -0.25) is 0 Å². The predicted octanol–water partition coefficient (Wildman–Crippen LogP) is 5.29. The van der Waals surface area contributed by atoms with Gasteiger partial charge in [-0.1, -0.05) is 0 Å². The molecule has 0 aliphatic carbocycles. The van der Waals surface area contributed by atoms with Crippen molar-refractivity contribution in [3.63, 3.8) is 0 Å². The smallest absolute Gasteiger partial charge is 0.211 e. The van der Waals surface area contributed by atoms with Gasteiger partial charge < -0.3 is 0 Å². The van der Waals surface area contributed by atoms with Crippen LogP contribution >= 0.6 is 0 Å². The Kier molecular flexibility index (Phi) is 5.94. The number of halogens is 17. The molecule has 0 spiro atoms. The topological polar surface area (TPSA) is 29.4 Å². The summed E-state index contributed by atoms with van der Waals surface area (Å²) in [5.74, 6) is -49.8. The summed E-state index contributed by atoms with van der Waals surface area (Å²) < 4.78 is 214. The monoisotopic (exact) mass is 461 g/mol. The van der Waals surface area contributed by atoms with Gasteiger partial charge in [0.05, 0.1) is 0 Å². The van der Waals surface area contributed by atoms with Gasteiger partial charge in [-0.2, -0.15) is 74.6 Å². The van der Waals surface area contributed by atoms with Gasteiger partial charge in [-0.25, -0.2) is 4.79 Å². The fourth-order valence-electron chi connectivity index (χ4n) is 1.35. The summed E-state index contributed by atoms with van der Waals surface area (Å²) in [6.07, 6.45) is -16.1. The lowest BCUT2D eigenvalue weighted by Gasteiger charge is -2.42. The standard InChI is InChI=1S/C9F17NO/c10-2(11,4(14,15)6(18,19)8(21,22)23)3(12,13)5(16,17)7(20,27-1-28)9(24,25)26. The van der Waals surface area contributed by atoms with E-state index in [0.717, 1.165) is 0 Å². The number of aliphatic imine (C=N–C) groups is 1. The zero-order valence-corrected chi connectivity index (χ0v) is 11.8. The van der Waals surface area contributed by atoms with E-state index in [9.17, 15) is 79.4 Å². The van der Waals surface area contributed by atoms with E-state index < -0.39 is 53.8 Å². The normalized spacial score (nSPS) is 17.8. The summed E-state index contributed by atoms with van der Waals surface area (Å²) in [5.41, 5.74) is 0. The third-order valence-electron chi connectivity index (χ3n) is 2.92. The second-order valence-electron chi connectivity index (χ2n) is 4.69. The number of hydrogen-bond acceptors (Lipinski definition) is 2. The van der Waals surface area contributed by atoms with Crippen LogP contribution in [-0.4, -0.2) is 53.8 Å². The van der Waals surface area contributed by atoms with Crippen LogP contribution in [-0.2, 0) is 4.79 Å². The Hall–Kier alpha value is -1.81. The van der Waals surface area contributed by atoms with Gasteiger partial charge in [-0.05, 0) is 0 Å². The number of rotatable bonds is 6. The Morgan fingerprint density at radius 3 is 0.964 bits per heavy atom. The highest BCUT2D eigenvalue weighted by molar-refractivity contribution is 5.36. The fourth-order valence-corrected chi connectivity index (χ4v) is 1.35. The molecule has 0 rings (SSSR count). The Morgan fingerprint density at radius 1 is 0.429 bits per heavy atom. The Balaban J connectivity index is 6.91. The minimum absolute atomic E-state index is 0.457. The molecule has 0 heterocycles. The molecule has 0 saturated heterocycles. The molecular weight excluding hydrogens is 461 g/mol. The maximum absolute atomic E-state index is 13.2. The van der Waals surface area contributed by atoms with Crippen molar-refractivity contribution in [3.8, 4) is 0 Å². The van der Waals surface area contributed by atoms with E-state index in [4.69, 9.17) is 0 Å². The van der Waals surface area contributed by atoms with Crippen LogP contribution < -0.4 is 0 Å². The lowest BCUT2D eigenvalue weighted by Crippen LogP contribution is -2.74. The van der Waals surface area contributed by atoms with Crippen molar-refractivity contribution >= 4 is 6.08 Å². The molecule has 0 bridgehead atoms. The Bertz CT molecular complexity index is 638. The third-order valence-corrected chi connectivity index (χ3v) is 2.92. The molecule has 1 unspecified atom stereocenters. The van der Waals surface area contributed by atoms with E-state index in [1.165, 1.54) is 0 Å². The molecule has 0 radical (unpaired) electrons. The second kappa shape index (κ2) is 6.35. The van der Waals surface area contributed by atoms with Gasteiger partial charge in [0, 0.05) is 0 Å². The molecule has 0 aliphatic rings. The van der Waals surface area contributed by atoms with Crippen molar-refractivity contribution in [1.82, 2.24) is 0 Å². The molecule has 0 aromatic rings. The molecule has 28 heavy (non-hydrogen) atoms. The van der Waals surface area contributed by atoms with Crippen LogP contribution in [0.3, 0.4) is 0 Å². The molecule has 166 valence electrons. The van der Waals surface area contributed by atoms with Crippen molar-refractivity contribution in [2.24, 2.45) is 4.99 Å². The van der Waals surface area contributed by atoms with Gasteiger partial charge in [0.1, 0.15) is 0 Å². The van der Waals surface area contributed by atoms with Crippen LogP contribution in [0.25, 0.3) is 0 Å². The lowest BCUT2D eigenvalue weighted by molar-refractivity contribution is -0.456. The molecule has 0 N–H and O–H groups in total. The highest BCUT2D eigenvalue weighted by Crippen LogP contribution is 2.63. The summed E-state index contributed by atoms with van der Waals surface area (Å²) in [6, 6.07) is 0. The zero-order chi connectivity index (χ0) is 23.4. The van der Waals surface area contributed by atoms with Crippen LogP contribution in [0.15, 0.2) is 4.99 Å². The summed E-state index contributed by atoms with van der Waals surface area (Å²) in [7, 11) is 0. The average Bonchev–Trinajstić information content (AvgIpc) is 2.43. The average molecular weight is 461 g/mol. The molecule has 0 aromatic carbocycles. The predicted molar refractivity (Wildman–Crippen MR) is 48.8 cm³/mol. The minimum Gasteiger partial charge on any atom is -0.211 e. The van der Waals surface area contributed by atoms with Crippen LogP contribution in [0.5, 0.6) is 0 Å². The minimum atomic E-state index is -8.68. The SMILES string of the molecule is O=C=NC(F)(C(F)(F)F)C(F)(F)C(F)(F)C(F)(F)C(F)(F)C(F)(F)C(F)(F)F. The van der Waals surface area contributed by atoms with Crippen molar-refractivity contribution in [3.05, 3.63) is 0 Å². The van der Waals surface area contributed by atoms with Gasteiger partial charge in [0.15, 0.2) is 0 Å². The van der Waals surface area contributed by atoms with Gasteiger partial charge in [0.2, 0.25) is 6.08 Å². The maximum Gasteiger partial charge on any atom is 0.460 e. The van der Waals surface area contributed by atoms with Crippen molar-refractivity contribution in [1.29, 1.82) is 0 Å². The summed E-state index contributed by atoms with van der Waals surface area (Å²) in [4.78, 5) is 10.0.